The van der Waals surface area contributed by atoms with Crippen LogP contribution in [0.15, 0.2) is 72.6 Å². The predicted octanol–water partition coefficient (Wildman–Crippen LogP) is 6.31. The van der Waals surface area contributed by atoms with Crippen molar-refractivity contribution in [2.45, 2.75) is 31.1 Å². The number of nitriles is 1. The molecule has 0 amide bonds. The van der Waals surface area contributed by atoms with Crippen molar-refractivity contribution in [3.8, 4) is 17.3 Å². The van der Waals surface area contributed by atoms with Crippen molar-refractivity contribution in [3.05, 3.63) is 84.3 Å². The van der Waals surface area contributed by atoms with Crippen molar-refractivity contribution in [3.63, 3.8) is 0 Å². The Bertz CT molecular complexity index is 1410. The molecule has 1 aromatic heterocycles. The van der Waals surface area contributed by atoms with Gasteiger partial charge in [0, 0.05) is 26.2 Å². The number of pyridine rings is 1. The molecule has 34 heavy (non-hydrogen) atoms. The Morgan fingerprint density at radius 2 is 1.76 bits per heavy atom. The van der Waals surface area contributed by atoms with Gasteiger partial charge >= 0.3 is 156 Å². The molecular weight excluding hydrogens is 661 g/mol. The summed E-state index contributed by atoms with van der Waals surface area (Å²) in [6.45, 7) is 2.85. The van der Waals surface area contributed by atoms with Gasteiger partial charge in [-0.2, -0.15) is 0 Å². The van der Waals surface area contributed by atoms with Gasteiger partial charge in [0.15, 0.2) is 5.78 Å². The van der Waals surface area contributed by atoms with Gasteiger partial charge in [0.05, 0.1) is 5.76 Å². The SMILES string of the molecule is CC(=O)/C=C(/C)O.[CH3][Ge]([CH3])([CH3])[c]1ccc2c(-c3[c-]c4ccccc4c(C#N)c3)nccc2c1.[Ir]. The first-order chi connectivity index (χ1) is 15.6. The molecule has 0 saturated carbocycles. The van der Waals surface area contributed by atoms with Crippen LogP contribution in [-0.2, 0) is 24.9 Å². The predicted molar refractivity (Wildman–Crippen MR) is 138 cm³/mol. The number of benzene rings is 3. The van der Waals surface area contributed by atoms with Crippen LogP contribution < -0.4 is 4.40 Å². The number of nitrogens with zero attached hydrogens (tertiary/aromatic N) is 2. The molecule has 4 rings (SSSR count). The molecule has 1 radical (unpaired) electrons. The molecule has 0 unspecified atom stereocenters. The van der Waals surface area contributed by atoms with E-state index in [0.29, 0.717) is 5.56 Å². The normalized spacial score (nSPS) is 11.2. The Morgan fingerprint density at radius 1 is 1.06 bits per heavy atom. The van der Waals surface area contributed by atoms with E-state index in [4.69, 9.17) is 5.11 Å². The summed E-state index contributed by atoms with van der Waals surface area (Å²) < 4.78 is 1.48. The van der Waals surface area contributed by atoms with Gasteiger partial charge < -0.3 is 5.11 Å². The fourth-order valence-electron chi connectivity index (χ4n) is 3.60. The number of allylic oxidation sites excluding steroid dienone is 2. The molecule has 0 aliphatic heterocycles. The van der Waals surface area contributed by atoms with Crippen LogP contribution in [-0.4, -0.2) is 29.1 Å². The second kappa shape index (κ2) is 11.6. The van der Waals surface area contributed by atoms with Crippen molar-refractivity contribution in [1.29, 1.82) is 5.26 Å². The standard InChI is InChI=1S/C23H19GeN2.C5H8O2.Ir/c1-24(2,3)20-8-9-22-17(14-20)10-11-26-23(22)18-12-16-6-4-5-7-21(16)19(13-18)15-25;1-4(6)3-5(2)7;/h4-11,13-14H,1-3H3;3,6H,1-2H3;/q-1;;/b;4-3-;. The molecule has 1 N–H and O–H groups in total. The number of hydrogen-bond donors (Lipinski definition) is 1. The zero-order valence-corrected chi connectivity index (χ0v) is 24.4. The van der Waals surface area contributed by atoms with E-state index in [9.17, 15) is 10.1 Å². The van der Waals surface area contributed by atoms with Gasteiger partial charge in [-0.15, -0.1) is 0 Å². The Hall–Kier alpha value is -2.78. The summed E-state index contributed by atoms with van der Waals surface area (Å²) in [5, 5.41) is 22.1. The molecule has 0 aliphatic carbocycles. The van der Waals surface area contributed by atoms with Gasteiger partial charge in [-0.1, -0.05) is 0 Å². The Balaban J connectivity index is 0.000000449. The van der Waals surface area contributed by atoms with Crippen LogP contribution in [0.1, 0.15) is 19.4 Å². The largest absolute Gasteiger partial charge is 0 e. The molecule has 0 atom stereocenters. The topological polar surface area (TPSA) is 74.0 Å². The average molecular weight is 688 g/mol. The molecule has 6 heteroatoms. The zero-order valence-electron chi connectivity index (χ0n) is 19.9. The van der Waals surface area contributed by atoms with Gasteiger partial charge in [-0.25, -0.2) is 0 Å². The molecule has 0 fully saturated rings. The number of aliphatic hydroxyl groups excluding tert-OH is 1. The van der Waals surface area contributed by atoms with Gasteiger partial charge in [-0.05, 0) is 13.8 Å². The molecule has 3 aromatic carbocycles. The van der Waals surface area contributed by atoms with Crippen molar-refractivity contribution in [2.24, 2.45) is 0 Å². The van der Waals surface area contributed by atoms with Gasteiger partial charge in [0.2, 0.25) is 0 Å². The van der Waals surface area contributed by atoms with Crippen molar-refractivity contribution < 1.29 is 30.0 Å². The number of carbonyl (C=O) groups is 1. The van der Waals surface area contributed by atoms with E-state index in [0.717, 1.165) is 27.4 Å². The molecule has 175 valence electrons. The summed E-state index contributed by atoms with van der Waals surface area (Å²) in [4.78, 5) is 14.6. The van der Waals surface area contributed by atoms with E-state index in [1.165, 1.54) is 29.7 Å². The minimum Gasteiger partial charge on any atom is 0 e. The minimum atomic E-state index is -1.88. The molecule has 1 heterocycles. The summed E-state index contributed by atoms with van der Waals surface area (Å²) in [5.74, 6) is 7.14. The molecule has 0 bridgehead atoms. The average Bonchev–Trinajstić information content (AvgIpc) is 2.76. The number of aliphatic hydroxyl groups is 1. The van der Waals surface area contributed by atoms with Gasteiger partial charge in [0.25, 0.3) is 0 Å². The van der Waals surface area contributed by atoms with Crippen LogP contribution >= 0.6 is 0 Å². The fourth-order valence-corrected chi connectivity index (χ4v) is 6.06. The third-order valence-electron chi connectivity index (χ3n) is 5.19. The second-order valence-electron chi connectivity index (χ2n) is 9.00. The number of rotatable bonds is 3. The number of hydrogen-bond acceptors (Lipinski definition) is 4. The summed E-state index contributed by atoms with van der Waals surface area (Å²) >= 11 is -1.88. The first-order valence-corrected chi connectivity index (χ1v) is 18.1. The first-order valence-electron chi connectivity index (χ1n) is 10.7. The maximum atomic E-state index is 10.0. The van der Waals surface area contributed by atoms with Crippen LogP contribution in [0.5, 0.6) is 0 Å². The van der Waals surface area contributed by atoms with E-state index in [1.807, 2.05) is 36.5 Å². The maximum absolute atomic E-state index is 10.0. The van der Waals surface area contributed by atoms with Crippen molar-refractivity contribution in [1.82, 2.24) is 4.98 Å². The Morgan fingerprint density at radius 3 is 2.35 bits per heavy atom. The Kier molecular flexibility index (Phi) is 9.35. The third kappa shape index (κ3) is 6.64. The van der Waals surface area contributed by atoms with Crippen LogP contribution in [0, 0.1) is 17.4 Å². The molecule has 0 spiro atoms. The van der Waals surface area contributed by atoms with E-state index in [2.05, 4.69) is 58.7 Å². The second-order valence-corrected chi connectivity index (χ2v) is 19.6. The Labute approximate surface area is 217 Å². The smallest absolute Gasteiger partial charge is 0 e. The summed E-state index contributed by atoms with van der Waals surface area (Å²) in [5.41, 5.74) is 2.42. The molecule has 0 saturated heterocycles. The van der Waals surface area contributed by atoms with Crippen LogP contribution in [0.3, 0.4) is 0 Å². The molecule has 4 aromatic rings. The zero-order chi connectivity index (χ0) is 24.2. The van der Waals surface area contributed by atoms with E-state index >= 15 is 0 Å². The van der Waals surface area contributed by atoms with Gasteiger partial charge in [-0.3, -0.25) is 4.79 Å². The van der Waals surface area contributed by atoms with Crippen LogP contribution in [0.4, 0.5) is 0 Å². The molecule has 0 aliphatic rings. The third-order valence-corrected chi connectivity index (χ3v) is 9.48. The number of fused-ring (bicyclic) bond motifs is 2. The molecular formula is C28H27GeIrN2O2-. The van der Waals surface area contributed by atoms with E-state index < -0.39 is 13.3 Å². The van der Waals surface area contributed by atoms with Crippen molar-refractivity contribution >= 4 is 45.0 Å². The van der Waals surface area contributed by atoms with Crippen molar-refractivity contribution in [2.75, 3.05) is 0 Å². The number of ketones is 1. The van der Waals surface area contributed by atoms with Crippen LogP contribution in [0.25, 0.3) is 32.8 Å². The first kappa shape index (κ1) is 27.5. The summed E-state index contributed by atoms with van der Waals surface area (Å²) in [7, 11) is 0. The van der Waals surface area contributed by atoms with Gasteiger partial charge in [0.1, 0.15) is 0 Å². The monoisotopic (exact) mass is 690 g/mol. The summed E-state index contributed by atoms with van der Waals surface area (Å²) in [6.07, 6.45) is 3.02. The number of carbonyl (C=O) groups excluding carboxylic acids is 1. The van der Waals surface area contributed by atoms with E-state index in [-0.39, 0.29) is 31.6 Å². The molecule has 4 nitrogen and oxygen atoms in total. The number of aromatic nitrogens is 1. The van der Waals surface area contributed by atoms with Crippen LogP contribution in [0.2, 0.25) is 17.3 Å². The van der Waals surface area contributed by atoms with E-state index in [1.54, 1.807) is 0 Å². The summed E-state index contributed by atoms with van der Waals surface area (Å²) in [6, 6.07) is 24.4. The quantitative estimate of drug-likeness (QED) is 0.119. The maximum Gasteiger partial charge on any atom is 0 e. The minimum absolute atomic E-state index is 0. The fraction of sp³-hybridized carbons (Fsp3) is 0.179.